The topological polar surface area (TPSA) is 70.7 Å². The highest BCUT2D eigenvalue weighted by Crippen LogP contribution is 2.19. The van der Waals surface area contributed by atoms with Crippen LogP contribution in [0.4, 0.5) is 0 Å². The molecule has 0 bridgehead atoms. The zero-order valence-electron chi connectivity index (χ0n) is 12.4. The molecule has 3 rings (SSSR count). The average molecular weight is 294 g/mol. The van der Waals surface area contributed by atoms with Gasteiger partial charge in [-0.25, -0.2) is 9.97 Å². The first-order chi connectivity index (χ1) is 10.8. The molecule has 22 heavy (non-hydrogen) atoms. The molecule has 0 fully saturated rings. The van der Waals surface area contributed by atoms with E-state index in [1.165, 1.54) is 0 Å². The van der Waals surface area contributed by atoms with Crippen LogP contribution in [0.25, 0.3) is 11.2 Å². The number of nitrogens with one attached hydrogen (secondary N) is 2. The van der Waals surface area contributed by atoms with E-state index in [1.807, 2.05) is 49.4 Å². The lowest BCUT2D eigenvalue weighted by molar-refractivity contribution is -0.122. The molecule has 5 heteroatoms. The Morgan fingerprint density at radius 1 is 1.23 bits per heavy atom. The fraction of sp³-hybridized carbons (Fsp3) is 0.235. The van der Waals surface area contributed by atoms with Crippen LogP contribution in [0.15, 0.2) is 48.7 Å². The molecule has 1 atom stereocenters. The number of carbonyl (C=O) groups is 1. The van der Waals surface area contributed by atoms with Crippen molar-refractivity contribution >= 4 is 17.1 Å². The van der Waals surface area contributed by atoms with Gasteiger partial charge in [0, 0.05) is 6.20 Å². The number of fused-ring (bicyclic) bond motifs is 1. The Bertz CT molecular complexity index is 733. The van der Waals surface area contributed by atoms with Crippen molar-refractivity contribution in [2.75, 3.05) is 0 Å². The molecule has 112 valence electrons. The maximum Gasteiger partial charge on any atom is 0.227 e. The summed E-state index contributed by atoms with van der Waals surface area (Å²) < 4.78 is 0. The van der Waals surface area contributed by atoms with Crippen LogP contribution < -0.4 is 5.32 Å². The van der Waals surface area contributed by atoms with Gasteiger partial charge >= 0.3 is 0 Å². The number of rotatable bonds is 5. The van der Waals surface area contributed by atoms with Crippen LogP contribution in [0, 0.1) is 0 Å². The van der Waals surface area contributed by atoms with Gasteiger partial charge in [0.2, 0.25) is 5.91 Å². The minimum absolute atomic E-state index is 0.0158. The molecule has 2 N–H and O–H groups in total. The molecule has 0 aliphatic carbocycles. The fourth-order valence-electron chi connectivity index (χ4n) is 2.53. The molecule has 0 spiro atoms. The van der Waals surface area contributed by atoms with E-state index in [1.54, 1.807) is 6.20 Å². The molecule has 5 nitrogen and oxygen atoms in total. The monoisotopic (exact) mass is 294 g/mol. The van der Waals surface area contributed by atoms with Crippen LogP contribution in [0.5, 0.6) is 0 Å². The van der Waals surface area contributed by atoms with E-state index in [0.717, 1.165) is 17.5 Å². The van der Waals surface area contributed by atoms with Crippen LogP contribution >= 0.6 is 0 Å². The highest BCUT2D eigenvalue weighted by Gasteiger charge is 2.18. The van der Waals surface area contributed by atoms with Crippen LogP contribution in [-0.4, -0.2) is 20.9 Å². The summed E-state index contributed by atoms with van der Waals surface area (Å²) in [5.74, 6) is 0.593. The molecule has 0 unspecified atom stereocenters. The molecule has 1 aromatic carbocycles. The average Bonchev–Trinajstić information content (AvgIpc) is 2.97. The number of aromatic nitrogens is 3. The second-order valence-electron chi connectivity index (χ2n) is 5.15. The third-order valence-electron chi connectivity index (χ3n) is 3.66. The first-order valence-corrected chi connectivity index (χ1v) is 7.40. The van der Waals surface area contributed by atoms with Gasteiger partial charge in [0.05, 0.1) is 18.0 Å². The first kappa shape index (κ1) is 14.3. The Morgan fingerprint density at radius 2 is 2.05 bits per heavy atom. The van der Waals surface area contributed by atoms with Crippen LogP contribution in [-0.2, 0) is 11.3 Å². The van der Waals surface area contributed by atoms with Gasteiger partial charge in [-0.15, -0.1) is 0 Å². The molecule has 0 saturated carbocycles. The van der Waals surface area contributed by atoms with Gasteiger partial charge in [0.15, 0.2) is 5.65 Å². The minimum Gasteiger partial charge on any atom is -0.348 e. The van der Waals surface area contributed by atoms with E-state index in [9.17, 15) is 4.79 Å². The molecule has 0 aliphatic rings. The van der Waals surface area contributed by atoms with Gasteiger partial charge in [-0.3, -0.25) is 4.79 Å². The standard InChI is InChI=1S/C17H18N4O/c1-2-13(12-7-4-3-5-8-12)17(22)19-11-15-20-14-9-6-10-18-16(14)21-15/h3-10,13H,2,11H2,1H3,(H,19,22)(H,18,20,21)/t13-/m0/s1. The fourth-order valence-corrected chi connectivity index (χ4v) is 2.53. The highest BCUT2D eigenvalue weighted by atomic mass is 16.1. The second-order valence-corrected chi connectivity index (χ2v) is 5.15. The Balaban J connectivity index is 1.68. The highest BCUT2D eigenvalue weighted by molar-refractivity contribution is 5.83. The summed E-state index contributed by atoms with van der Waals surface area (Å²) in [6.45, 7) is 2.39. The number of benzene rings is 1. The van der Waals surface area contributed by atoms with Crippen molar-refractivity contribution in [3.05, 3.63) is 60.0 Å². The molecule has 0 aliphatic heterocycles. The van der Waals surface area contributed by atoms with Crippen LogP contribution in [0.2, 0.25) is 0 Å². The Labute approximate surface area is 128 Å². The summed E-state index contributed by atoms with van der Waals surface area (Å²) in [4.78, 5) is 24.1. The number of nitrogens with zero attached hydrogens (tertiary/aromatic N) is 2. The molecule has 3 aromatic rings. The van der Waals surface area contributed by atoms with Crippen LogP contribution in [0.1, 0.15) is 30.7 Å². The number of imidazole rings is 1. The van der Waals surface area contributed by atoms with Gasteiger partial charge in [-0.2, -0.15) is 0 Å². The summed E-state index contributed by atoms with van der Waals surface area (Å²) in [5, 5.41) is 2.95. The van der Waals surface area contributed by atoms with Crippen LogP contribution in [0.3, 0.4) is 0 Å². The van der Waals surface area contributed by atoms with E-state index in [2.05, 4.69) is 20.3 Å². The number of amides is 1. The Kier molecular flexibility index (Phi) is 4.14. The summed E-state index contributed by atoms with van der Waals surface area (Å²) >= 11 is 0. The zero-order valence-corrected chi connectivity index (χ0v) is 12.4. The van der Waals surface area contributed by atoms with E-state index in [0.29, 0.717) is 18.0 Å². The van der Waals surface area contributed by atoms with Gasteiger partial charge in [0.25, 0.3) is 0 Å². The Morgan fingerprint density at radius 3 is 2.77 bits per heavy atom. The van der Waals surface area contributed by atoms with E-state index < -0.39 is 0 Å². The number of hydrogen-bond donors (Lipinski definition) is 2. The number of aromatic amines is 1. The predicted octanol–water partition coefficient (Wildman–Crippen LogP) is 2.77. The predicted molar refractivity (Wildman–Crippen MR) is 85.2 cm³/mol. The Hall–Kier alpha value is -2.69. The van der Waals surface area contributed by atoms with Crippen molar-refractivity contribution in [1.82, 2.24) is 20.3 Å². The van der Waals surface area contributed by atoms with Crippen molar-refractivity contribution < 1.29 is 4.79 Å². The smallest absolute Gasteiger partial charge is 0.227 e. The normalized spacial score (nSPS) is 12.2. The number of hydrogen-bond acceptors (Lipinski definition) is 3. The molecule has 0 radical (unpaired) electrons. The summed E-state index contributed by atoms with van der Waals surface area (Å²) in [6.07, 6.45) is 2.46. The summed E-state index contributed by atoms with van der Waals surface area (Å²) in [6, 6.07) is 13.6. The van der Waals surface area contributed by atoms with Crippen molar-refractivity contribution in [2.45, 2.75) is 25.8 Å². The number of carbonyl (C=O) groups excluding carboxylic acids is 1. The van der Waals surface area contributed by atoms with Crippen molar-refractivity contribution in [2.24, 2.45) is 0 Å². The van der Waals surface area contributed by atoms with Crippen molar-refractivity contribution in [3.63, 3.8) is 0 Å². The van der Waals surface area contributed by atoms with Gasteiger partial charge < -0.3 is 10.3 Å². The number of pyridine rings is 1. The van der Waals surface area contributed by atoms with E-state index >= 15 is 0 Å². The van der Waals surface area contributed by atoms with Gasteiger partial charge in [-0.1, -0.05) is 37.3 Å². The first-order valence-electron chi connectivity index (χ1n) is 7.40. The molecular weight excluding hydrogens is 276 g/mol. The van der Waals surface area contributed by atoms with Crippen molar-refractivity contribution in [1.29, 1.82) is 0 Å². The maximum absolute atomic E-state index is 12.4. The molecular formula is C17H18N4O. The largest absolute Gasteiger partial charge is 0.348 e. The zero-order chi connectivity index (χ0) is 15.4. The van der Waals surface area contributed by atoms with E-state index in [4.69, 9.17) is 0 Å². The SMILES string of the molecule is CC[C@H](C(=O)NCc1nc2ncccc2[nH]1)c1ccccc1. The summed E-state index contributed by atoms with van der Waals surface area (Å²) in [7, 11) is 0. The minimum atomic E-state index is -0.135. The molecule has 2 heterocycles. The number of H-pyrrole nitrogens is 1. The third kappa shape index (κ3) is 2.98. The maximum atomic E-state index is 12.4. The molecule has 2 aromatic heterocycles. The van der Waals surface area contributed by atoms with E-state index in [-0.39, 0.29) is 11.8 Å². The lowest BCUT2D eigenvalue weighted by Crippen LogP contribution is -2.29. The van der Waals surface area contributed by atoms with Crippen molar-refractivity contribution in [3.8, 4) is 0 Å². The van der Waals surface area contributed by atoms with Gasteiger partial charge in [0.1, 0.15) is 5.82 Å². The summed E-state index contributed by atoms with van der Waals surface area (Å²) in [5.41, 5.74) is 2.58. The molecule has 0 saturated heterocycles. The lowest BCUT2D eigenvalue weighted by atomic mass is 9.96. The molecule has 1 amide bonds. The lowest BCUT2D eigenvalue weighted by Gasteiger charge is -2.14. The second kappa shape index (κ2) is 6.39. The quantitative estimate of drug-likeness (QED) is 0.760. The van der Waals surface area contributed by atoms with Gasteiger partial charge in [-0.05, 0) is 24.1 Å². The third-order valence-corrected chi connectivity index (χ3v) is 3.66.